The lowest BCUT2D eigenvalue weighted by Gasteiger charge is -2.10. The topological polar surface area (TPSA) is 53.2 Å². The molecule has 0 atom stereocenters. The Balaban J connectivity index is 2.56. The Morgan fingerprint density at radius 3 is 2.70 bits per heavy atom. The monoisotopic (exact) mass is 450 g/mol. The molecule has 1 aromatic heterocycles. The average Bonchev–Trinajstić information content (AvgIpc) is 2.43. The van der Waals surface area contributed by atoms with Gasteiger partial charge >= 0.3 is 5.69 Å². The Morgan fingerprint density at radius 1 is 1.35 bits per heavy atom. The van der Waals surface area contributed by atoms with Gasteiger partial charge < -0.3 is 9.30 Å². The molecule has 2 aromatic rings. The van der Waals surface area contributed by atoms with E-state index >= 15 is 0 Å². The maximum Gasteiger partial charge on any atom is 0.331 e. The van der Waals surface area contributed by atoms with Crippen LogP contribution in [0.15, 0.2) is 38.5 Å². The summed E-state index contributed by atoms with van der Waals surface area (Å²) in [5.74, 6) is 0.679. The van der Waals surface area contributed by atoms with Crippen molar-refractivity contribution in [2.24, 2.45) is 7.05 Å². The standard InChI is InChI=1S/C13H12BrIN2O3/c1-16-7-11(15)12(18)17(13(16)19)6-8-5-9(20-2)3-4-10(8)14/h3-5,7H,6H2,1-2H3. The summed E-state index contributed by atoms with van der Waals surface area (Å²) in [5.41, 5.74) is 0.180. The third kappa shape index (κ3) is 2.98. The molecule has 20 heavy (non-hydrogen) atoms. The minimum Gasteiger partial charge on any atom is -0.497 e. The van der Waals surface area contributed by atoms with Crippen LogP contribution < -0.4 is 16.0 Å². The molecule has 1 aromatic carbocycles. The predicted octanol–water partition coefficient (Wildman–Crippen LogP) is 1.97. The summed E-state index contributed by atoms with van der Waals surface area (Å²) in [6.45, 7) is 0.195. The zero-order chi connectivity index (χ0) is 14.9. The lowest BCUT2D eigenvalue weighted by Crippen LogP contribution is -2.40. The van der Waals surface area contributed by atoms with Crippen molar-refractivity contribution in [2.75, 3.05) is 7.11 Å². The van der Waals surface area contributed by atoms with Crippen molar-refractivity contribution >= 4 is 38.5 Å². The van der Waals surface area contributed by atoms with Gasteiger partial charge in [-0.25, -0.2) is 4.79 Å². The molecule has 0 fully saturated rings. The molecule has 0 radical (unpaired) electrons. The van der Waals surface area contributed by atoms with Gasteiger partial charge in [0.15, 0.2) is 0 Å². The van der Waals surface area contributed by atoms with E-state index in [2.05, 4.69) is 15.9 Å². The number of rotatable bonds is 3. The van der Waals surface area contributed by atoms with E-state index in [1.54, 1.807) is 20.2 Å². The SMILES string of the molecule is COc1ccc(Br)c(Cn2c(=O)c(I)cn(C)c2=O)c1. The lowest BCUT2D eigenvalue weighted by atomic mass is 10.2. The lowest BCUT2D eigenvalue weighted by molar-refractivity contribution is 0.414. The molecule has 2 rings (SSSR count). The number of nitrogens with zero attached hydrogens (tertiary/aromatic N) is 2. The molecule has 7 heteroatoms. The highest BCUT2D eigenvalue weighted by atomic mass is 127. The fourth-order valence-electron chi connectivity index (χ4n) is 1.80. The second-order valence-electron chi connectivity index (χ2n) is 4.22. The minimum atomic E-state index is -0.342. The van der Waals surface area contributed by atoms with Crippen molar-refractivity contribution in [1.29, 1.82) is 0 Å². The van der Waals surface area contributed by atoms with Gasteiger partial charge in [-0.15, -0.1) is 0 Å². The molecule has 0 spiro atoms. The Kier molecular flexibility index (Phi) is 4.69. The van der Waals surface area contributed by atoms with Gasteiger partial charge in [0, 0.05) is 17.7 Å². The van der Waals surface area contributed by atoms with Gasteiger partial charge in [-0.1, -0.05) is 15.9 Å². The summed E-state index contributed by atoms with van der Waals surface area (Å²) < 4.78 is 9.10. The van der Waals surface area contributed by atoms with Crippen molar-refractivity contribution < 1.29 is 4.74 Å². The van der Waals surface area contributed by atoms with E-state index < -0.39 is 0 Å². The van der Waals surface area contributed by atoms with Crippen LogP contribution in [0.3, 0.4) is 0 Å². The third-order valence-corrected chi connectivity index (χ3v) is 4.38. The van der Waals surface area contributed by atoms with Gasteiger partial charge in [-0.3, -0.25) is 9.36 Å². The molecule has 0 N–H and O–H groups in total. The highest BCUT2D eigenvalue weighted by Crippen LogP contribution is 2.22. The molecule has 106 valence electrons. The highest BCUT2D eigenvalue weighted by Gasteiger charge is 2.10. The molecule has 5 nitrogen and oxygen atoms in total. The quantitative estimate of drug-likeness (QED) is 0.672. The van der Waals surface area contributed by atoms with E-state index in [0.717, 1.165) is 10.0 Å². The molecule has 0 bridgehead atoms. The number of hydrogen-bond acceptors (Lipinski definition) is 3. The molecular formula is C13H12BrIN2O3. The van der Waals surface area contributed by atoms with E-state index in [1.807, 2.05) is 34.7 Å². The largest absolute Gasteiger partial charge is 0.497 e. The first kappa shape index (κ1) is 15.3. The maximum absolute atomic E-state index is 12.1. The van der Waals surface area contributed by atoms with E-state index in [9.17, 15) is 9.59 Å². The van der Waals surface area contributed by atoms with E-state index in [-0.39, 0.29) is 17.8 Å². The molecule has 0 aliphatic heterocycles. The van der Waals surface area contributed by atoms with Gasteiger partial charge in [-0.2, -0.15) is 0 Å². The van der Waals surface area contributed by atoms with Crippen molar-refractivity contribution in [2.45, 2.75) is 6.54 Å². The Morgan fingerprint density at radius 2 is 2.05 bits per heavy atom. The van der Waals surface area contributed by atoms with Crippen LogP contribution >= 0.6 is 38.5 Å². The molecular weight excluding hydrogens is 439 g/mol. The van der Waals surface area contributed by atoms with Crippen LogP contribution in [0, 0.1) is 3.57 Å². The molecule has 1 heterocycles. The first-order valence-corrected chi connectivity index (χ1v) is 7.59. The van der Waals surface area contributed by atoms with E-state index in [4.69, 9.17) is 4.74 Å². The molecule has 0 amide bonds. The van der Waals surface area contributed by atoms with Gasteiger partial charge in [0.05, 0.1) is 17.2 Å². The van der Waals surface area contributed by atoms with Crippen LogP contribution in [0.1, 0.15) is 5.56 Å². The number of hydrogen-bond donors (Lipinski definition) is 0. The predicted molar refractivity (Wildman–Crippen MR) is 88.5 cm³/mol. The maximum atomic E-state index is 12.1. The summed E-state index contributed by atoms with van der Waals surface area (Å²) in [7, 11) is 3.20. The van der Waals surface area contributed by atoms with Gasteiger partial charge in [0.2, 0.25) is 0 Å². The third-order valence-electron chi connectivity index (χ3n) is 2.87. The summed E-state index contributed by atoms with van der Waals surface area (Å²) in [6, 6.07) is 5.44. The van der Waals surface area contributed by atoms with Crippen molar-refractivity contribution in [3.8, 4) is 5.75 Å². The van der Waals surface area contributed by atoms with Crippen LogP contribution in [0.4, 0.5) is 0 Å². The van der Waals surface area contributed by atoms with Crippen LogP contribution in [-0.4, -0.2) is 16.2 Å². The van der Waals surface area contributed by atoms with Gasteiger partial charge in [-0.05, 0) is 46.4 Å². The molecule has 0 unspecified atom stereocenters. The summed E-state index contributed by atoms with van der Waals surface area (Å²) in [4.78, 5) is 24.2. The zero-order valence-corrected chi connectivity index (χ0v) is 14.6. The molecule has 0 saturated heterocycles. The Labute approximate surface area is 137 Å². The zero-order valence-electron chi connectivity index (χ0n) is 10.9. The van der Waals surface area contributed by atoms with Crippen LogP contribution in [-0.2, 0) is 13.6 Å². The van der Waals surface area contributed by atoms with Crippen molar-refractivity contribution in [3.05, 3.63) is 58.8 Å². The Bertz CT molecular complexity index is 733. The first-order valence-electron chi connectivity index (χ1n) is 5.72. The minimum absolute atomic E-state index is 0.195. The first-order chi connectivity index (χ1) is 9.43. The fraction of sp³-hybridized carbons (Fsp3) is 0.231. The van der Waals surface area contributed by atoms with Crippen molar-refractivity contribution in [3.63, 3.8) is 0 Å². The van der Waals surface area contributed by atoms with Crippen LogP contribution in [0.5, 0.6) is 5.75 Å². The number of ether oxygens (including phenoxy) is 1. The van der Waals surface area contributed by atoms with Crippen LogP contribution in [0.25, 0.3) is 0 Å². The van der Waals surface area contributed by atoms with E-state index in [0.29, 0.717) is 9.32 Å². The van der Waals surface area contributed by atoms with Gasteiger partial charge in [0.1, 0.15) is 5.75 Å². The number of aryl methyl sites for hydroxylation is 1. The highest BCUT2D eigenvalue weighted by molar-refractivity contribution is 14.1. The molecule has 0 saturated carbocycles. The van der Waals surface area contributed by atoms with E-state index in [1.165, 1.54) is 15.3 Å². The van der Waals surface area contributed by atoms with Gasteiger partial charge in [0.25, 0.3) is 5.56 Å². The average molecular weight is 451 g/mol. The van der Waals surface area contributed by atoms with Crippen LogP contribution in [0.2, 0.25) is 0 Å². The fourth-order valence-corrected chi connectivity index (χ4v) is 2.88. The van der Waals surface area contributed by atoms with Crippen molar-refractivity contribution in [1.82, 2.24) is 9.13 Å². The smallest absolute Gasteiger partial charge is 0.331 e. The molecule has 0 aliphatic rings. The molecule has 0 aliphatic carbocycles. The number of aromatic nitrogens is 2. The number of halogens is 2. The summed E-state index contributed by atoms with van der Waals surface area (Å²) in [6.07, 6.45) is 1.53. The second kappa shape index (κ2) is 6.13. The summed E-state index contributed by atoms with van der Waals surface area (Å²) >= 11 is 5.35. The summed E-state index contributed by atoms with van der Waals surface area (Å²) in [5, 5.41) is 0. The normalized spacial score (nSPS) is 10.6. The second-order valence-corrected chi connectivity index (χ2v) is 6.24. The number of benzene rings is 1. The number of methoxy groups -OCH3 is 1. The Hall–Kier alpha value is -1.09.